The molecular formula is C19H20N2O2S. The molecule has 0 saturated carbocycles. The Balaban J connectivity index is 1.72. The van der Waals surface area contributed by atoms with Gasteiger partial charge < -0.3 is 9.64 Å². The Kier molecular flexibility index (Phi) is 5.20. The van der Waals surface area contributed by atoms with Gasteiger partial charge in [-0.3, -0.25) is 4.99 Å². The summed E-state index contributed by atoms with van der Waals surface area (Å²) in [5.74, 6) is 0.632. The van der Waals surface area contributed by atoms with Crippen molar-refractivity contribution in [1.29, 1.82) is 0 Å². The van der Waals surface area contributed by atoms with Gasteiger partial charge in [0.25, 0.3) is 0 Å². The molecule has 1 aliphatic heterocycles. The lowest BCUT2D eigenvalue weighted by atomic mass is 10.2. The number of nitrogens with zero attached hydrogens (tertiary/aromatic N) is 2. The highest BCUT2D eigenvalue weighted by Gasteiger charge is 2.23. The number of thioether (sulfide) groups is 1. The van der Waals surface area contributed by atoms with Gasteiger partial charge in [-0.15, -0.1) is 11.8 Å². The van der Waals surface area contributed by atoms with Crippen LogP contribution in [0.4, 0.5) is 5.69 Å². The molecule has 2 aromatic rings. The summed E-state index contributed by atoms with van der Waals surface area (Å²) in [5, 5.41) is 1.08. The van der Waals surface area contributed by atoms with Crippen molar-refractivity contribution in [2.45, 2.75) is 13.1 Å². The van der Waals surface area contributed by atoms with Crippen molar-refractivity contribution >= 4 is 28.5 Å². The van der Waals surface area contributed by atoms with E-state index in [-0.39, 0.29) is 12.1 Å². The molecule has 0 radical (unpaired) electrons. The van der Waals surface area contributed by atoms with Crippen molar-refractivity contribution in [2.24, 2.45) is 4.99 Å². The van der Waals surface area contributed by atoms with Gasteiger partial charge >= 0.3 is 5.97 Å². The Morgan fingerprint density at radius 2 is 1.92 bits per heavy atom. The minimum Gasteiger partial charge on any atom is -0.462 e. The molecule has 0 N–H and O–H groups in total. The van der Waals surface area contributed by atoms with Gasteiger partial charge in [0.2, 0.25) is 0 Å². The van der Waals surface area contributed by atoms with Gasteiger partial charge in [0.1, 0.15) is 11.2 Å². The second-order valence-electron chi connectivity index (χ2n) is 5.47. The molecule has 4 nitrogen and oxygen atoms in total. The zero-order chi connectivity index (χ0) is 16.9. The summed E-state index contributed by atoms with van der Waals surface area (Å²) in [7, 11) is 2.03. The van der Waals surface area contributed by atoms with Crippen LogP contribution in [0.2, 0.25) is 0 Å². The molecule has 1 heterocycles. The highest BCUT2D eigenvalue weighted by atomic mass is 32.2. The van der Waals surface area contributed by atoms with E-state index in [2.05, 4.69) is 17.0 Å². The molecule has 124 valence electrons. The van der Waals surface area contributed by atoms with Crippen LogP contribution >= 0.6 is 11.8 Å². The minimum atomic E-state index is -0.285. The molecule has 0 amide bonds. The maximum absolute atomic E-state index is 11.7. The highest BCUT2D eigenvalue weighted by Crippen LogP contribution is 2.27. The van der Waals surface area contributed by atoms with Gasteiger partial charge in [0.15, 0.2) is 0 Å². The van der Waals surface area contributed by atoms with Crippen molar-refractivity contribution in [3.05, 3.63) is 65.7 Å². The third-order valence-electron chi connectivity index (χ3n) is 3.89. The molecular weight excluding hydrogens is 320 g/mol. The van der Waals surface area contributed by atoms with Gasteiger partial charge in [-0.2, -0.15) is 0 Å². The quantitative estimate of drug-likeness (QED) is 0.776. The van der Waals surface area contributed by atoms with Gasteiger partial charge in [0.05, 0.1) is 12.2 Å². The normalized spacial score (nSPS) is 16.6. The minimum absolute atomic E-state index is 0.0960. The average molecular weight is 340 g/mol. The van der Waals surface area contributed by atoms with Crippen molar-refractivity contribution in [3.8, 4) is 0 Å². The Morgan fingerprint density at radius 1 is 1.21 bits per heavy atom. The van der Waals surface area contributed by atoms with Crippen LogP contribution in [0, 0.1) is 0 Å². The number of hydrogen-bond acceptors (Lipinski definition) is 5. The van der Waals surface area contributed by atoms with Crippen LogP contribution in [0.1, 0.15) is 22.8 Å². The number of ether oxygens (including phenoxy) is 1. The Hall–Kier alpha value is -2.27. The molecule has 5 heteroatoms. The zero-order valence-electron chi connectivity index (χ0n) is 13.8. The van der Waals surface area contributed by atoms with Crippen LogP contribution in [0.3, 0.4) is 0 Å². The predicted molar refractivity (Wildman–Crippen MR) is 100 cm³/mol. The first-order valence-electron chi connectivity index (χ1n) is 7.95. The SMILES string of the molecule is CCOC(=O)c1ccc(N(C)C2CSC(c3ccccc3)=N2)cc1. The number of aliphatic imine (C=N–C) groups is 1. The van der Waals surface area contributed by atoms with Crippen LogP contribution < -0.4 is 4.90 Å². The number of hydrogen-bond donors (Lipinski definition) is 0. The Morgan fingerprint density at radius 3 is 2.58 bits per heavy atom. The van der Waals surface area contributed by atoms with E-state index in [1.54, 1.807) is 30.8 Å². The summed E-state index contributed by atoms with van der Waals surface area (Å²) in [6.07, 6.45) is 0.0960. The number of rotatable bonds is 5. The smallest absolute Gasteiger partial charge is 0.338 e. The van der Waals surface area contributed by atoms with E-state index in [4.69, 9.17) is 9.73 Å². The van der Waals surface area contributed by atoms with E-state index >= 15 is 0 Å². The predicted octanol–water partition coefficient (Wildman–Crippen LogP) is 3.82. The maximum atomic E-state index is 11.7. The van der Waals surface area contributed by atoms with Crippen molar-refractivity contribution in [1.82, 2.24) is 0 Å². The maximum Gasteiger partial charge on any atom is 0.338 e. The summed E-state index contributed by atoms with van der Waals surface area (Å²) >= 11 is 1.78. The summed E-state index contributed by atoms with van der Waals surface area (Å²) in [6, 6.07) is 17.7. The number of anilines is 1. The molecule has 0 bridgehead atoms. The Labute approximate surface area is 146 Å². The summed E-state index contributed by atoms with van der Waals surface area (Å²) in [6.45, 7) is 2.19. The lowest BCUT2D eigenvalue weighted by molar-refractivity contribution is 0.0526. The van der Waals surface area contributed by atoms with Gasteiger partial charge in [-0.25, -0.2) is 4.79 Å². The molecule has 0 fully saturated rings. The van der Waals surface area contributed by atoms with Crippen LogP contribution in [0.25, 0.3) is 0 Å². The van der Waals surface area contributed by atoms with Crippen molar-refractivity contribution in [2.75, 3.05) is 24.3 Å². The third kappa shape index (κ3) is 3.62. The lowest BCUT2D eigenvalue weighted by Gasteiger charge is -2.23. The summed E-state index contributed by atoms with van der Waals surface area (Å²) in [4.78, 5) is 18.7. The van der Waals surface area contributed by atoms with E-state index in [1.807, 2.05) is 37.4 Å². The van der Waals surface area contributed by atoms with Crippen LogP contribution in [-0.4, -0.2) is 36.6 Å². The first-order chi connectivity index (χ1) is 11.7. The highest BCUT2D eigenvalue weighted by molar-refractivity contribution is 8.14. The topological polar surface area (TPSA) is 41.9 Å². The van der Waals surface area contributed by atoms with Gasteiger partial charge in [0, 0.05) is 24.1 Å². The molecule has 0 spiro atoms. The largest absolute Gasteiger partial charge is 0.462 e. The lowest BCUT2D eigenvalue weighted by Crippen LogP contribution is -2.30. The molecule has 0 saturated heterocycles. The zero-order valence-corrected chi connectivity index (χ0v) is 14.6. The number of carbonyl (C=O) groups is 1. The number of carbonyl (C=O) groups excluding carboxylic acids is 1. The average Bonchev–Trinajstić information content (AvgIpc) is 3.12. The first kappa shape index (κ1) is 16.6. The fraction of sp³-hybridized carbons (Fsp3) is 0.263. The third-order valence-corrected chi connectivity index (χ3v) is 4.97. The monoisotopic (exact) mass is 340 g/mol. The van der Waals surface area contributed by atoms with Crippen LogP contribution in [0.5, 0.6) is 0 Å². The Bertz CT molecular complexity index is 729. The van der Waals surface area contributed by atoms with Crippen molar-refractivity contribution < 1.29 is 9.53 Å². The second kappa shape index (κ2) is 7.53. The standard InChI is InChI=1S/C19H20N2O2S/c1-3-23-19(22)15-9-11-16(12-10-15)21(2)17-13-24-18(20-17)14-7-5-4-6-8-14/h4-12,17H,3,13H2,1-2H3. The van der Waals surface area contributed by atoms with Crippen LogP contribution in [-0.2, 0) is 4.74 Å². The molecule has 0 aliphatic carbocycles. The van der Waals surface area contributed by atoms with E-state index in [9.17, 15) is 4.79 Å². The second-order valence-corrected chi connectivity index (χ2v) is 6.48. The van der Waals surface area contributed by atoms with Gasteiger partial charge in [-0.1, -0.05) is 30.3 Å². The van der Waals surface area contributed by atoms with Gasteiger partial charge in [-0.05, 0) is 31.2 Å². The molecule has 3 rings (SSSR count). The molecule has 1 atom stereocenters. The van der Waals surface area contributed by atoms with E-state index in [0.717, 1.165) is 22.0 Å². The summed E-state index contributed by atoms with van der Waals surface area (Å²) < 4.78 is 5.01. The van der Waals surface area contributed by atoms with E-state index < -0.39 is 0 Å². The van der Waals surface area contributed by atoms with E-state index in [0.29, 0.717) is 12.2 Å². The number of benzene rings is 2. The first-order valence-corrected chi connectivity index (χ1v) is 8.93. The molecule has 1 unspecified atom stereocenters. The van der Waals surface area contributed by atoms with Crippen molar-refractivity contribution in [3.63, 3.8) is 0 Å². The number of esters is 1. The summed E-state index contributed by atoms with van der Waals surface area (Å²) in [5.41, 5.74) is 2.77. The molecule has 2 aromatic carbocycles. The van der Waals surface area contributed by atoms with Crippen LogP contribution in [0.15, 0.2) is 59.6 Å². The fourth-order valence-corrected chi connectivity index (χ4v) is 3.62. The molecule has 1 aliphatic rings. The molecule has 0 aromatic heterocycles. The fourth-order valence-electron chi connectivity index (χ4n) is 2.52. The van der Waals surface area contributed by atoms with E-state index in [1.165, 1.54) is 0 Å². The molecule has 24 heavy (non-hydrogen) atoms.